The van der Waals surface area contributed by atoms with Gasteiger partial charge in [-0.3, -0.25) is 4.90 Å². The Morgan fingerprint density at radius 2 is 1.89 bits per heavy atom. The molecule has 0 unspecified atom stereocenters. The van der Waals surface area contributed by atoms with Gasteiger partial charge in [0.1, 0.15) is 0 Å². The molecule has 0 bridgehead atoms. The lowest BCUT2D eigenvalue weighted by atomic mass is 10.0. The molecule has 2 aromatic carbocycles. The predicted octanol–water partition coefficient (Wildman–Crippen LogP) is 4.01. The van der Waals surface area contributed by atoms with Crippen molar-refractivity contribution >= 4 is 10.8 Å². The smallest absolute Gasteiger partial charge is 0.0240 e. The van der Waals surface area contributed by atoms with Gasteiger partial charge in [-0.2, -0.15) is 0 Å². The standard InChI is InChI=1S/C17H19N/c1-3-4-7-13-18(2)14-16-11-8-10-15-9-5-6-12-17(15)16/h3-12H,1,13-14H2,2H3/b7-4+. The van der Waals surface area contributed by atoms with Gasteiger partial charge in [0.15, 0.2) is 0 Å². The summed E-state index contributed by atoms with van der Waals surface area (Å²) in [5.74, 6) is 0. The van der Waals surface area contributed by atoms with Gasteiger partial charge in [-0.25, -0.2) is 0 Å². The zero-order valence-electron chi connectivity index (χ0n) is 10.8. The molecule has 2 aromatic rings. The van der Waals surface area contributed by atoms with Crippen molar-refractivity contribution in [3.63, 3.8) is 0 Å². The van der Waals surface area contributed by atoms with Crippen molar-refractivity contribution in [2.75, 3.05) is 13.6 Å². The number of hydrogen-bond donors (Lipinski definition) is 0. The monoisotopic (exact) mass is 237 g/mol. The summed E-state index contributed by atoms with van der Waals surface area (Å²) >= 11 is 0. The molecule has 18 heavy (non-hydrogen) atoms. The SMILES string of the molecule is C=C/C=C/CN(C)Cc1cccc2ccccc12. The van der Waals surface area contributed by atoms with Crippen LogP contribution in [0.4, 0.5) is 0 Å². The van der Waals surface area contributed by atoms with Crippen molar-refractivity contribution in [3.8, 4) is 0 Å². The molecule has 0 saturated carbocycles. The van der Waals surface area contributed by atoms with Crippen LogP contribution in [0.5, 0.6) is 0 Å². The fraction of sp³-hybridized carbons (Fsp3) is 0.176. The number of allylic oxidation sites excluding steroid dienone is 2. The second-order valence-electron chi connectivity index (χ2n) is 4.50. The maximum absolute atomic E-state index is 3.68. The fourth-order valence-electron chi connectivity index (χ4n) is 2.12. The van der Waals surface area contributed by atoms with E-state index in [4.69, 9.17) is 0 Å². The average Bonchev–Trinajstić information content (AvgIpc) is 2.39. The lowest BCUT2D eigenvalue weighted by Crippen LogP contribution is -2.17. The van der Waals surface area contributed by atoms with Gasteiger partial charge in [0.2, 0.25) is 0 Å². The third-order valence-electron chi connectivity index (χ3n) is 3.01. The third kappa shape index (κ3) is 3.08. The highest BCUT2D eigenvalue weighted by atomic mass is 15.1. The molecule has 0 N–H and O–H groups in total. The van der Waals surface area contributed by atoms with Gasteiger partial charge in [0.25, 0.3) is 0 Å². The van der Waals surface area contributed by atoms with Crippen molar-refractivity contribution in [1.29, 1.82) is 0 Å². The van der Waals surface area contributed by atoms with Crippen molar-refractivity contribution < 1.29 is 0 Å². The van der Waals surface area contributed by atoms with Crippen LogP contribution in [0.1, 0.15) is 5.56 Å². The highest BCUT2D eigenvalue weighted by molar-refractivity contribution is 5.85. The molecule has 0 heterocycles. The van der Waals surface area contributed by atoms with E-state index in [1.807, 2.05) is 12.2 Å². The maximum atomic E-state index is 3.68. The Kier molecular flexibility index (Phi) is 4.32. The zero-order valence-corrected chi connectivity index (χ0v) is 10.8. The lowest BCUT2D eigenvalue weighted by Gasteiger charge is -2.16. The molecule has 0 spiro atoms. The third-order valence-corrected chi connectivity index (χ3v) is 3.01. The van der Waals surface area contributed by atoms with E-state index < -0.39 is 0 Å². The normalized spacial score (nSPS) is 11.4. The molecule has 92 valence electrons. The molecule has 0 aliphatic heterocycles. The molecule has 0 aromatic heterocycles. The number of rotatable bonds is 5. The van der Waals surface area contributed by atoms with E-state index in [9.17, 15) is 0 Å². The van der Waals surface area contributed by atoms with Gasteiger partial charge in [-0.1, -0.05) is 67.3 Å². The molecular weight excluding hydrogens is 218 g/mol. The lowest BCUT2D eigenvalue weighted by molar-refractivity contribution is 0.365. The van der Waals surface area contributed by atoms with E-state index in [0.29, 0.717) is 0 Å². The van der Waals surface area contributed by atoms with Crippen LogP contribution in [-0.2, 0) is 6.54 Å². The molecule has 0 amide bonds. The highest BCUT2D eigenvalue weighted by Crippen LogP contribution is 2.19. The number of likely N-dealkylation sites (N-methyl/N-ethyl adjacent to an activating group) is 1. The van der Waals surface area contributed by atoms with Gasteiger partial charge >= 0.3 is 0 Å². The maximum Gasteiger partial charge on any atom is 0.0240 e. The first-order valence-corrected chi connectivity index (χ1v) is 6.24. The van der Waals surface area contributed by atoms with E-state index in [-0.39, 0.29) is 0 Å². The Morgan fingerprint density at radius 3 is 2.72 bits per heavy atom. The zero-order chi connectivity index (χ0) is 12.8. The van der Waals surface area contributed by atoms with Crippen LogP contribution in [0.3, 0.4) is 0 Å². The summed E-state index contributed by atoms with van der Waals surface area (Å²) in [5, 5.41) is 2.66. The average molecular weight is 237 g/mol. The van der Waals surface area contributed by atoms with E-state index in [1.54, 1.807) is 0 Å². The van der Waals surface area contributed by atoms with E-state index >= 15 is 0 Å². The van der Waals surface area contributed by atoms with Crippen molar-refractivity contribution in [1.82, 2.24) is 4.90 Å². The van der Waals surface area contributed by atoms with Gasteiger partial charge in [-0.05, 0) is 23.4 Å². The second kappa shape index (κ2) is 6.18. The van der Waals surface area contributed by atoms with Gasteiger partial charge in [-0.15, -0.1) is 0 Å². The summed E-state index contributed by atoms with van der Waals surface area (Å²) in [6, 6.07) is 15.0. The minimum atomic E-state index is 0.940. The number of hydrogen-bond acceptors (Lipinski definition) is 1. The Balaban J connectivity index is 2.16. The Bertz CT molecular complexity index is 549. The summed E-state index contributed by atoms with van der Waals surface area (Å²) < 4.78 is 0. The van der Waals surface area contributed by atoms with Crippen LogP contribution in [0.25, 0.3) is 10.8 Å². The van der Waals surface area contributed by atoms with Crippen LogP contribution in [-0.4, -0.2) is 18.5 Å². The molecule has 0 aliphatic rings. The summed E-state index contributed by atoms with van der Waals surface area (Å²) in [4.78, 5) is 2.29. The Morgan fingerprint density at radius 1 is 1.11 bits per heavy atom. The molecule has 0 fully saturated rings. The molecule has 1 heteroatoms. The van der Waals surface area contributed by atoms with Crippen LogP contribution in [0, 0.1) is 0 Å². The highest BCUT2D eigenvalue weighted by Gasteiger charge is 2.02. The van der Waals surface area contributed by atoms with Crippen LogP contribution in [0.15, 0.2) is 67.3 Å². The largest absolute Gasteiger partial charge is 0.298 e. The van der Waals surface area contributed by atoms with Gasteiger partial charge in [0, 0.05) is 13.1 Å². The van der Waals surface area contributed by atoms with E-state index in [1.165, 1.54) is 16.3 Å². The van der Waals surface area contributed by atoms with Crippen molar-refractivity contribution in [2.24, 2.45) is 0 Å². The van der Waals surface area contributed by atoms with Crippen LogP contribution in [0.2, 0.25) is 0 Å². The minimum absolute atomic E-state index is 0.940. The van der Waals surface area contributed by atoms with Crippen molar-refractivity contribution in [2.45, 2.75) is 6.54 Å². The first-order chi connectivity index (χ1) is 8.81. The number of benzene rings is 2. The molecule has 0 radical (unpaired) electrons. The topological polar surface area (TPSA) is 3.24 Å². The van der Waals surface area contributed by atoms with Gasteiger partial charge < -0.3 is 0 Å². The quantitative estimate of drug-likeness (QED) is 0.710. The molecule has 0 aliphatic carbocycles. The summed E-state index contributed by atoms with van der Waals surface area (Å²) in [6.45, 7) is 5.58. The molecule has 2 rings (SSSR count). The van der Waals surface area contributed by atoms with E-state index in [0.717, 1.165) is 13.1 Å². The van der Waals surface area contributed by atoms with Gasteiger partial charge in [0.05, 0.1) is 0 Å². The summed E-state index contributed by atoms with van der Waals surface area (Å²) in [5.41, 5.74) is 1.38. The first kappa shape index (κ1) is 12.6. The number of nitrogens with zero attached hydrogens (tertiary/aromatic N) is 1. The fourth-order valence-corrected chi connectivity index (χ4v) is 2.12. The number of fused-ring (bicyclic) bond motifs is 1. The predicted molar refractivity (Wildman–Crippen MR) is 79.6 cm³/mol. The molecule has 0 saturated heterocycles. The molecule has 0 atom stereocenters. The van der Waals surface area contributed by atoms with Crippen LogP contribution >= 0.6 is 0 Å². The Hall–Kier alpha value is -1.86. The second-order valence-corrected chi connectivity index (χ2v) is 4.50. The first-order valence-electron chi connectivity index (χ1n) is 6.24. The van der Waals surface area contributed by atoms with Crippen LogP contribution < -0.4 is 0 Å². The minimum Gasteiger partial charge on any atom is -0.298 e. The molecular formula is C17H19N. The molecule has 1 nitrogen and oxygen atoms in total. The van der Waals surface area contributed by atoms with Crippen molar-refractivity contribution in [3.05, 3.63) is 72.8 Å². The Labute approximate surface area is 109 Å². The van der Waals surface area contributed by atoms with E-state index in [2.05, 4.69) is 67.1 Å². The summed E-state index contributed by atoms with van der Waals surface area (Å²) in [7, 11) is 2.13. The summed E-state index contributed by atoms with van der Waals surface area (Å²) in [6.07, 6.45) is 5.92.